The molecule has 100 valence electrons. The smallest absolute Gasteiger partial charge is 0.241 e. The van der Waals surface area contributed by atoms with Crippen LogP contribution in [0.3, 0.4) is 0 Å². The summed E-state index contributed by atoms with van der Waals surface area (Å²) in [4.78, 5) is 11.2. The van der Waals surface area contributed by atoms with Crippen molar-refractivity contribution in [2.24, 2.45) is 5.41 Å². The van der Waals surface area contributed by atoms with E-state index in [0.29, 0.717) is 11.5 Å². The largest absolute Gasteiger partial charge is 0.380 e. The van der Waals surface area contributed by atoms with Crippen LogP contribution in [0, 0.1) is 5.41 Å². The van der Waals surface area contributed by atoms with E-state index < -0.39 is 0 Å². The van der Waals surface area contributed by atoms with E-state index in [1.165, 1.54) is 19.3 Å². The van der Waals surface area contributed by atoms with Crippen LogP contribution in [0.5, 0.6) is 0 Å². The summed E-state index contributed by atoms with van der Waals surface area (Å²) in [6.07, 6.45) is 7.33. The van der Waals surface area contributed by atoms with Crippen LogP contribution in [0.25, 0.3) is 0 Å². The number of rotatable bonds is 4. The van der Waals surface area contributed by atoms with Gasteiger partial charge in [-0.25, -0.2) is 0 Å². The zero-order valence-corrected chi connectivity index (χ0v) is 11.4. The predicted molar refractivity (Wildman–Crippen MR) is 71.3 cm³/mol. The molecular formula is C13H22N4O. The number of amides is 1. The van der Waals surface area contributed by atoms with Gasteiger partial charge in [-0.1, -0.05) is 13.8 Å². The van der Waals surface area contributed by atoms with E-state index in [1.54, 1.807) is 17.9 Å². The topological polar surface area (TPSA) is 59.0 Å². The second kappa shape index (κ2) is 5.00. The van der Waals surface area contributed by atoms with Crippen molar-refractivity contribution in [2.75, 3.05) is 12.4 Å². The first-order valence-electron chi connectivity index (χ1n) is 6.48. The maximum Gasteiger partial charge on any atom is 0.241 e. The Morgan fingerprint density at radius 3 is 3.00 bits per heavy atom. The number of likely N-dealkylation sites (N-methyl/N-ethyl adjacent to an activating group) is 1. The molecule has 1 saturated carbocycles. The van der Waals surface area contributed by atoms with Crippen molar-refractivity contribution in [1.82, 2.24) is 15.1 Å². The molecule has 1 heterocycles. The van der Waals surface area contributed by atoms with Crippen molar-refractivity contribution in [2.45, 2.75) is 45.7 Å². The maximum absolute atomic E-state index is 11.2. The van der Waals surface area contributed by atoms with Gasteiger partial charge >= 0.3 is 0 Å². The molecule has 1 amide bonds. The fourth-order valence-electron chi connectivity index (χ4n) is 2.55. The van der Waals surface area contributed by atoms with Crippen molar-refractivity contribution in [3.63, 3.8) is 0 Å². The van der Waals surface area contributed by atoms with Crippen LogP contribution in [0.1, 0.15) is 33.1 Å². The average molecular weight is 250 g/mol. The predicted octanol–water partition coefficient (Wildman–Crippen LogP) is 1.62. The van der Waals surface area contributed by atoms with Crippen LogP contribution in [0.4, 0.5) is 5.69 Å². The van der Waals surface area contributed by atoms with E-state index in [9.17, 15) is 4.79 Å². The average Bonchev–Trinajstić information content (AvgIpc) is 2.86. The van der Waals surface area contributed by atoms with Gasteiger partial charge in [-0.2, -0.15) is 5.10 Å². The lowest BCUT2D eigenvalue weighted by Gasteiger charge is -2.17. The molecule has 2 N–H and O–H groups in total. The molecule has 0 saturated heterocycles. The Hall–Kier alpha value is -1.52. The fourth-order valence-corrected chi connectivity index (χ4v) is 2.55. The highest BCUT2D eigenvalue weighted by Gasteiger charge is 2.30. The van der Waals surface area contributed by atoms with Crippen molar-refractivity contribution < 1.29 is 4.79 Å². The summed E-state index contributed by atoms with van der Waals surface area (Å²) in [6, 6.07) is 0.526. The molecule has 1 aliphatic carbocycles. The second-order valence-corrected chi connectivity index (χ2v) is 5.85. The van der Waals surface area contributed by atoms with Gasteiger partial charge in [0.1, 0.15) is 6.54 Å². The van der Waals surface area contributed by atoms with Crippen LogP contribution >= 0.6 is 0 Å². The zero-order valence-electron chi connectivity index (χ0n) is 11.4. The van der Waals surface area contributed by atoms with Gasteiger partial charge in [0.15, 0.2) is 0 Å². The Morgan fingerprint density at radius 1 is 1.61 bits per heavy atom. The normalized spacial score (nSPS) is 21.8. The van der Waals surface area contributed by atoms with Crippen LogP contribution < -0.4 is 10.6 Å². The van der Waals surface area contributed by atoms with E-state index in [4.69, 9.17) is 0 Å². The summed E-state index contributed by atoms with van der Waals surface area (Å²) in [7, 11) is 1.63. The summed E-state index contributed by atoms with van der Waals surface area (Å²) in [5.74, 6) is -0.0355. The highest BCUT2D eigenvalue weighted by molar-refractivity contribution is 5.75. The number of hydrogen-bond donors (Lipinski definition) is 2. The molecule has 1 aromatic heterocycles. The fraction of sp³-hybridized carbons (Fsp3) is 0.692. The Bertz CT molecular complexity index is 424. The van der Waals surface area contributed by atoms with E-state index >= 15 is 0 Å². The summed E-state index contributed by atoms with van der Waals surface area (Å²) in [5.41, 5.74) is 1.44. The minimum Gasteiger partial charge on any atom is -0.380 e. The summed E-state index contributed by atoms with van der Waals surface area (Å²) in [5, 5.41) is 10.3. The van der Waals surface area contributed by atoms with Crippen molar-refractivity contribution >= 4 is 11.6 Å². The van der Waals surface area contributed by atoms with Crippen molar-refractivity contribution in [3.05, 3.63) is 12.4 Å². The molecule has 1 atom stereocenters. The van der Waals surface area contributed by atoms with E-state index in [0.717, 1.165) is 5.69 Å². The second-order valence-electron chi connectivity index (χ2n) is 5.85. The quantitative estimate of drug-likeness (QED) is 0.853. The first kappa shape index (κ1) is 12.9. The third kappa shape index (κ3) is 3.24. The number of nitrogens with zero attached hydrogens (tertiary/aromatic N) is 2. The van der Waals surface area contributed by atoms with Crippen LogP contribution in [-0.2, 0) is 11.3 Å². The van der Waals surface area contributed by atoms with Gasteiger partial charge in [0.25, 0.3) is 0 Å². The van der Waals surface area contributed by atoms with Crippen molar-refractivity contribution in [1.29, 1.82) is 0 Å². The molecule has 1 unspecified atom stereocenters. The van der Waals surface area contributed by atoms with E-state index in [1.807, 2.05) is 6.20 Å². The number of carbonyl (C=O) groups is 1. The number of carbonyl (C=O) groups excluding carboxylic acids is 1. The number of nitrogens with one attached hydrogen (secondary N) is 2. The molecule has 5 nitrogen and oxygen atoms in total. The maximum atomic E-state index is 11.2. The molecule has 18 heavy (non-hydrogen) atoms. The third-order valence-electron chi connectivity index (χ3n) is 3.56. The molecule has 1 aliphatic rings. The van der Waals surface area contributed by atoms with Gasteiger partial charge in [0.2, 0.25) is 5.91 Å². The minimum absolute atomic E-state index is 0.0355. The summed E-state index contributed by atoms with van der Waals surface area (Å²) in [6.45, 7) is 4.89. The lowest BCUT2D eigenvalue weighted by atomic mass is 9.92. The minimum atomic E-state index is -0.0355. The monoisotopic (exact) mass is 250 g/mol. The van der Waals surface area contributed by atoms with Gasteiger partial charge in [-0.05, 0) is 24.7 Å². The van der Waals surface area contributed by atoms with Gasteiger partial charge < -0.3 is 10.6 Å². The lowest BCUT2D eigenvalue weighted by Crippen LogP contribution is -2.23. The molecule has 0 bridgehead atoms. The molecule has 2 rings (SSSR count). The van der Waals surface area contributed by atoms with Crippen LogP contribution in [-0.4, -0.2) is 28.8 Å². The Morgan fingerprint density at radius 2 is 2.39 bits per heavy atom. The van der Waals surface area contributed by atoms with Crippen LogP contribution in [0.15, 0.2) is 12.4 Å². The van der Waals surface area contributed by atoms with E-state index in [-0.39, 0.29) is 12.5 Å². The Balaban J connectivity index is 1.89. The molecular weight excluding hydrogens is 228 g/mol. The van der Waals surface area contributed by atoms with Gasteiger partial charge in [0, 0.05) is 19.3 Å². The van der Waals surface area contributed by atoms with Gasteiger partial charge in [-0.15, -0.1) is 0 Å². The first-order valence-corrected chi connectivity index (χ1v) is 6.48. The molecule has 0 aromatic carbocycles. The third-order valence-corrected chi connectivity index (χ3v) is 3.56. The molecule has 0 spiro atoms. The van der Waals surface area contributed by atoms with Crippen molar-refractivity contribution in [3.8, 4) is 0 Å². The number of aromatic nitrogens is 2. The Kier molecular flexibility index (Phi) is 3.59. The SMILES string of the molecule is CNC(=O)Cn1cc(NC2CCC(C)(C)C2)cn1. The van der Waals surface area contributed by atoms with Gasteiger partial charge in [-0.3, -0.25) is 9.48 Å². The van der Waals surface area contributed by atoms with Crippen LogP contribution in [0.2, 0.25) is 0 Å². The lowest BCUT2D eigenvalue weighted by molar-refractivity contribution is -0.121. The highest BCUT2D eigenvalue weighted by Crippen LogP contribution is 2.38. The standard InChI is InChI=1S/C13H22N4O/c1-13(2)5-4-10(6-13)16-11-7-15-17(8-11)9-12(18)14-3/h7-8,10,16H,4-6,9H2,1-3H3,(H,14,18). The Labute approximate surface area is 108 Å². The molecule has 0 aliphatic heterocycles. The molecule has 1 fully saturated rings. The summed E-state index contributed by atoms with van der Waals surface area (Å²) >= 11 is 0. The molecule has 0 radical (unpaired) electrons. The number of anilines is 1. The molecule has 1 aromatic rings. The molecule has 5 heteroatoms. The summed E-state index contributed by atoms with van der Waals surface area (Å²) < 4.78 is 1.65. The first-order chi connectivity index (χ1) is 8.48. The van der Waals surface area contributed by atoms with Gasteiger partial charge in [0.05, 0.1) is 11.9 Å². The number of hydrogen-bond acceptors (Lipinski definition) is 3. The zero-order chi connectivity index (χ0) is 13.2. The van der Waals surface area contributed by atoms with E-state index in [2.05, 4.69) is 29.6 Å². The highest BCUT2D eigenvalue weighted by atomic mass is 16.1.